The van der Waals surface area contributed by atoms with Crippen molar-refractivity contribution < 1.29 is 41.9 Å². The summed E-state index contributed by atoms with van der Waals surface area (Å²) < 4.78 is 54.5. The van der Waals surface area contributed by atoms with E-state index >= 15 is 0 Å². The lowest BCUT2D eigenvalue weighted by Gasteiger charge is -2.16. The topological polar surface area (TPSA) is 87.9 Å². The molecule has 0 radical (unpaired) electrons. The number of nitrogens with zero attached hydrogens (tertiary/aromatic N) is 2. The van der Waals surface area contributed by atoms with Crippen LogP contribution in [0.2, 0.25) is 0 Å². The fraction of sp³-hybridized carbons (Fsp3) is 0.233. The molecule has 0 aromatic heterocycles. The van der Waals surface area contributed by atoms with Gasteiger partial charge in [-0.1, -0.05) is 40.6 Å². The maximum atomic E-state index is 13.0. The van der Waals surface area contributed by atoms with Crippen molar-refractivity contribution in [3.8, 4) is 11.5 Å². The average molecular weight is 571 g/mol. The van der Waals surface area contributed by atoms with Crippen LogP contribution in [0.5, 0.6) is 11.5 Å². The molecule has 3 rings (SSSR count). The van der Waals surface area contributed by atoms with E-state index in [-0.39, 0.29) is 11.3 Å². The Hall–Kier alpha value is -4.80. The van der Waals surface area contributed by atoms with Crippen LogP contribution < -0.4 is 4.74 Å². The molecule has 0 aliphatic heterocycles. The normalized spacial score (nSPS) is 13.0. The lowest BCUT2D eigenvalue weighted by Crippen LogP contribution is -2.09. The molecule has 0 saturated carbocycles. The molecule has 216 valence electrons. The van der Waals surface area contributed by atoms with Crippen molar-refractivity contribution in [1.82, 2.24) is 0 Å². The van der Waals surface area contributed by atoms with Crippen molar-refractivity contribution in [1.29, 1.82) is 0 Å². The molecule has 8 nitrogen and oxygen atoms in total. The minimum absolute atomic E-state index is 0.0516. The second-order valence-electron chi connectivity index (χ2n) is 8.37. The molecule has 0 aliphatic rings. The quantitative estimate of drug-likeness (QED) is 0.0755. The third kappa shape index (κ3) is 8.59. The van der Waals surface area contributed by atoms with Gasteiger partial charge in [-0.2, -0.15) is 13.2 Å². The molecule has 0 saturated heterocycles. The van der Waals surface area contributed by atoms with Crippen LogP contribution in [0.3, 0.4) is 0 Å². The summed E-state index contributed by atoms with van der Waals surface area (Å²) >= 11 is 0. The number of benzene rings is 3. The number of rotatable bonds is 12. The molecule has 11 heteroatoms. The standard InChI is InChI=1S/C30H29F3N2O6/c1-5-39-35-28(21-13-15-23(16-14-21)40-24-10-8-9-22(17-24)30(31,32)33)18-34-41-20(2)25-11-6-7-12-26(25)27(19-37-3)29(36)38-4/h6-20H,5H2,1-4H3. The Bertz CT molecular complexity index is 1400. The van der Waals surface area contributed by atoms with Gasteiger partial charge in [0.2, 0.25) is 0 Å². The molecule has 3 aromatic rings. The second kappa shape index (κ2) is 14.5. The van der Waals surface area contributed by atoms with Crippen LogP contribution in [0.25, 0.3) is 5.57 Å². The van der Waals surface area contributed by atoms with E-state index in [1.165, 1.54) is 38.8 Å². The number of halogens is 3. The first-order valence-electron chi connectivity index (χ1n) is 12.4. The van der Waals surface area contributed by atoms with Gasteiger partial charge in [0.15, 0.2) is 0 Å². The molecule has 0 heterocycles. The third-order valence-electron chi connectivity index (χ3n) is 5.56. The highest BCUT2D eigenvalue weighted by molar-refractivity contribution is 6.37. The molecule has 0 N–H and O–H groups in total. The molecule has 0 amide bonds. The Morgan fingerprint density at radius 3 is 2.37 bits per heavy atom. The van der Waals surface area contributed by atoms with Gasteiger partial charge in [0.05, 0.1) is 32.3 Å². The van der Waals surface area contributed by atoms with E-state index in [9.17, 15) is 18.0 Å². The fourth-order valence-electron chi connectivity index (χ4n) is 3.63. The lowest BCUT2D eigenvalue weighted by molar-refractivity contribution is -0.137. The van der Waals surface area contributed by atoms with E-state index < -0.39 is 23.8 Å². The molecular formula is C30H29F3N2O6. The van der Waals surface area contributed by atoms with Gasteiger partial charge in [-0.15, -0.1) is 0 Å². The van der Waals surface area contributed by atoms with E-state index in [1.54, 1.807) is 62.4 Å². The van der Waals surface area contributed by atoms with Gasteiger partial charge >= 0.3 is 12.1 Å². The van der Waals surface area contributed by atoms with Crippen molar-refractivity contribution in [2.75, 3.05) is 20.8 Å². The number of carbonyl (C=O) groups excluding carboxylic acids is 1. The van der Waals surface area contributed by atoms with Gasteiger partial charge in [-0.3, -0.25) is 0 Å². The van der Waals surface area contributed by atoms with Crippen LogP contribution in [0.4, 0.5) is 13.2 Å². The summed E-state index contributed by atoms with van der Waals surface area (Å²) in [6.07, 6.45) is -2.39. The number of hydrogen-bond donors (Lipinski definition) is 0. The first-order chi connectivity index (χ1) is 19.7. The summed E-state index contributed by atoms with van der Waals surface area (Å²) in [5.41, 5.74) is 1.55. The smallest absolute Gasteiger partial charge is 0.416 e. The largest absolute Gasteiger partial charge is 0.503 e. The zero-order valence-corrected chi connectivity index (χ0v) is 22.8. The van der Waals surface area contributed by atoms with Crippen molar-refractivity contribution in [2.45, 2.75) is 26.1 Å². The summed E-state index contributed by atoms with van der Waals surface area (Å²) in [5, 5.41) is 8.14. The molecule has 1 atom stereocenters. The highest BCUT2D eigenvalue weighted by atomic mass is 19.4. The van der Waals surface area contributed by atoms with E-state index in [4.69, 9.17) is 23.9 Å². The minimum atomic E-state index is -4.47. The van der Waals surface area contributed by atoms with Gasteiger partial charge in [0.25, 0.3) is 0 Å². The first kappa shape index (κ1) is 30.7. The van der Waals surface area contributed by atoms with Crippen LogP contribution in [-0.4, -0.2) is 38.7 Å². The van der Waals surface area contributed by atoms with Gasteiger partial charge in [0.1, 0.15) is 35.5 Å². The molecule has 1 unspecified atom stereocenters. The zero-order chi connectivity index (χ0) is 29.8. The van der Waals surface area contributed by atoms with Gasteiger partial charge in [-0.05, 0) is 61.9 Å². The average Bonchev–Trinajstić information content (AvgIpc) is 2.97. The van der Waals surface area contributed by atoms with Crippen molar-refractivity contribution >= 4 is 23.5 Å². The molecule has 0 spiro atoms. The lowest BCUT2D eigenvalue weighted by atomic mass is 9.97. The van der Waals surface area contributed by atoms with Crippen LogP contribution in [0, 0.1) is 0 Å². The molecule has 41 heavy (non-hydrogen) atoms. The van der Waals surface area contributed by atoms with E-state index in [0.29, 0.717) is 34.8 Å². The van der Waals surface area contributed by atoms with Crippen molar-refractivity contribution in [2.24, 2.45) is 10.3 Å². The zero-order valence-electron chi connectivity index (χ0n) is 22.8. The predicted molar refractivity (Wildman–Crippen MR) is 148 cm³/mol. The molecule has 3 aromatic carbocycles. The summed E-state index contributed by atoms with van der Waals surface area (Å²) in [4.78, 5) is 23.2. The van der Waals surface area contributed by atoms with Gasteiger partial charge < -0.3 is 23.9 Å². The molecule has 0 bridgehead atoms. The Kier molecular flexibility index (Phi) is 10.9. The van der Waals surface area contributed by atoms with E-state index in [0.717, 1.165) is 12.1 Å². The molecule has 0 fully saturated rings. The number of hydrogen-bond acceptors (Lipinski definition) is 8. The van der Waals surface area contributed by atoms with E-state index in [1.807, 2.05) is 0 Å². The highest BCUT2D eigenvalue weighted by Gasteiger charge is 2.30. The van der Waals surface area contributed by atoms with Crippen LogP contribution >= 0.6 is 0 Å². The highest BCUT2D eigenvalue weighted by Crippen LogP contribution is 2.33. The Morgan fingerprint density at radius 1 is 0.976 bits per heavy atom. The number of esters is 1. The fourth-order valence-corrected chi connectivity index (χ4v) is 3.63. The third-order valence-corrected chi connectivity index (χ3v) is 5.56. The number of oxime groups is 2. The Labute approximate surface area is 235 Å². The van der Waals surface area contributed by atoms with Crippen LogP contribution in [0.15, 0.2) is 89.4 Å². The van der Waals surface area contributed by atoms with Gasteiger partial charge in [-0.25, -0.2) is 4.79 Å². The Balaban J connectivity index is 1.77. The minimum Gasteiger partial charge on any atom is -0.503 e. The SMILES string of the molecule is CCON=C(C=NOC(C)c1ccccc1C(=COC)C(=O)OC)c1ccc(Oc2cccc(C(F)(F)F)c2)cc1. The number of alkyl halides is 3. The predicted octanol–water partition coefficient (Wildman–Crippen LogP) is 7.16. The summed E-state index contributed by atoms with van der Waals surface area (Å²) in [5.74, 6) is -0.190. The van der Waals surface area contributed by atoms with Crippen molar-refractivity contribution in [3.63, 3.8) is 0 Å². The summed E-state index contributed by atoms with van der Waals surface area (Å²) in [7, 11) is 2.71. The van der Waals surface area contributed by atoms with Crippen LogP contribution in [0.1, 0.15) is 42.2 Å². The van der Waals surface area contributed by atoms with E-state index in [2.05, 4.69) is 10.3 Å². The second-order valence-corrected chi connectivity index (χ2v) is 8.37. The van der Waals surface area contributed by atoms with Crippen LogP contribution in [-0.2, 0) is 30.1 Å². The molecular weight excluding hydrogens is 541 g/mol. The maximum Gasteiger partial charge on any atom is 0.416 e. The summed E-state index contributed by atoms with van der Waals surface area (Å²) in [6.45, 7) is 3.84. The number of ether oxygens (including phenoxy) is 3. The van der Waals surface area contributed by atoms with Crippen molar-refractivity contribution in [3.05, 3.63) is 101 Å². The number of carbonyl (C=O) groups is 1. The molecule has 0 aliphatic carbocycles. The Morgan fingerprint density at radius 2 is 1.71 bits per heavy atom. The maximum absolute atomic E-state index is 13.0. The summed E-state index contributed by atoms with van der Waals surface area (Å²) in [6, 6.07) is 18.2. The monoisotopic (exact) mass is 570 g/mol. The van der Waals surface area contributed by atoms with Gasteiger partial charge in [0, 0.05) is 11.1 Å². The first-order valence-corrected chi connectivity index (χ1v) is 12.4. The number of methoxy groups -OCH3 is 2.